The smallest absolute Gasteiger partial charge is 0.337 e. The number of amides is 2. The van der Waals surface area contributed by atoms with Crippen LogP contribution in [0.5, 0.6) is 11.5 Å². The van der Waals surface area contributed by atoms with Crippen LogP contribution in [0.4, 0.5) is 11.4 Å². The summed E-state index contributed by atoms with van der Waals surface area (Å²) in [5.74, 6) is -1.03. The van der Waals surface area contributed by atoms with Gasteiger partial charge in [0.15, 0.2) is 0 Å². The van der Waals surface area contributed by atoms with E-state index in [-0.39, 0.29) is 22.2 Å². The van der Waals surface area contributed by atoms with Crippen molar-refractivity contribution in [2.24, 2.45) is 0 Å². The van der Waals surface area contributed by atoms with E-state index in [2.05, 4.69) is 10.1 Å². The molecule has 0 fully saturated rings. The Morgan fingerprint density at radius 1 is 0.966 bits per heavy atom. The molecule has 2 amide bonds. The number of benzene rings is 2. The van der Waals surface area contributed by atoms with Gasteiger partial charge in [0.25, 0.3) is 11.8 Å². The van der Waals surface area contributed by atoms with E-state index in [1.54, 1.807) is 24.3 Å². The lowest BCUT2D eigenvalue weighted by molar-refractivity contribution is -0.120. The first-order valence-corrected chi connectivity index (χ1v) is 8.75. The van der Waals surface area contributed by atoms with Crippen molar-refractivity contribution in [3.05, 3.63) is 58.8 Å². The van der Waals surface area contributed by atoms with Gasteiger partial charge in [0, 0.05) is 11.8 Å². The largest absolute Gasteiger partial charge is 0.497 e. The van der Waals surface area contributed by atoms with Crippen LogP contribution in [0.1, 0.15) is 10.4 Å². The minimum absolute atomic E-state index is 0.0830. The quantitative estimate of drug-likeness (QED) is 0.571. The molecule has 150 valence electrons. The van der Waals surface area contributed by atoms with Crippen LogP contribution in [0.3, 0.4) is 0 Å². The fourth-order valence-corrected chi connectivity index (χ4v) is 2.96. The predicted molar refractivity (Wildman–Crippen MR) is 106 cm³/mol. The number of carbonyl (C=O) groups is 3. The second-order valence-corrected chi connectivity index (χ2v) is 6.24. The molecule has 29 heavy (non-hydrogen) atoms. The monoisotopic (exact) mass is 416 g/mol. The molecule has 0 unspecified atom stereocenters. The van der Waals surface area contributed by atoms with Crippen LogP contribution < -0.4 is 19.7 Å². The Balaban J connectivity index is 1.88. The summed E-state index contributed by atoms with van der Waals surface area (Å²) < 4.78 is 15.1. The van der Waals surface area contributed by atoms with Crippen molar-refractivity contribution in [2.45, 2.75) is 0 Å². The van der Waals surface area contributed by atoms with E-state index in [0.29, 0.717) is 17.0 Å². The first kappa shape index (κ1) is 20.2. The van der Waals surface area contributed by atoms with Crippen molar-refractivity contribution in [1.82, 2.24) is 0 Å². The average molecular weight is 417 g/mol. The maximum absolute atomic E-state index is 12.9. The van der Waals surface area contributed by atoms with Gasteiger partial charge in [-0.15, -0.1) is 0 Å². The molecule has 0 aromatic heterocycles. The molecule has 1 N–H and O–H groups in total. The molecule has 0 saturated heterocycles. The Bertz CT molecular complexity index is 1020. The molecular formula is C20H17ClN2O6. The van der Waals surface area contributed by atoms with Crippen LogP contribution >= 0.6 is 11.6 Å². The zero-order valence-corrected chi connectivity index (χ0v) is 16.6. The highest BCUT2D eigenvalue weighted by Gasteiger charge is 2.40. The number of imide groups is 1. The van der Waals surface area contributed by atoms with Crippen LogP contribution in [0, 0.1) is 0 Å². The predicted octanol–water partition coefficient (Wildman–Crippen LogP) is 2.93. The fraction of sp³-hybridized carbons (Fsp3) is 0.150. The van der Waals surface area contributed by atoms with Crippen molar-refractivity contribution in [3.8, 4) is 11.5 Å². The molecule has 2 aromatic rings. The van der Waals surface area contributed by atoms with Gasteiger partial charge in [-0.05, 0) is 36.4 Å². The number of hydrogen-bond acceptors (Lipinski definition) is 7. The number of esters is 1. The fourth-order valence-electron chi connectivity index (χ4n) is 2.75. The van der Waals surface area contributed by atoms with Crippen molar-refractivity contribution in [1.29, 1.82) is 0 Å². The van der Waals surface area contributed by atoms with E-state index in [4.69, 9.17) is 21.1 Å². The van der Waals surface area contributed by atoms with E-state index in [1.165, 1.54) is 39.5 Å². The maximum atomic E-state index is 12.9. The topological polar surface area (TPSA) is 94.2 Å². The van der Waals surface area contributed by atoms with E-state index in [0.717, 1.165) is 4.90 Å². The van der Waals surface area contributed by atoms with Gasteiger partial charge in [0.2, 0.25) is 0 Å². The average Bonchev–Trinajstić information content (AvgIpc) is 2.96. The van der Waals surface area contributed by atoms with E-state index in [1.807, 2.05) is 0 Å². The van der Waals surface area contributed by atoms with Gasteiger partial charge < -0.3 is 19.5 Å². The van der Waals surface area contributed by atoms with Gasteiger partial charge in [-0.3, -0.25) is 9.59 Å². The van der Waals surface area contributed by atoms with Crippen molar-refractivity contribution in [2.75, 3.05) is 31.5 Å². The van der Waals surface area contributed by atoms with Crippen molar-refractivity contribution < 1.29 is 28.6 Å². The molecule has 1 heterocycles. The van der Waals surface area contributed by atoms with Crippen LogP contribution in [0.25, 0.3) is 0 Å². The van der Waals surface area contributed by atoms with Gasteiger partial charge in [-0.25, -0.2) is 9.69 Å². The molecule has 0 atom stereocenters. The highest BCUT2D eigenvalue weighted by molar-refractivity contribution is 6.53. The van der Waals surface area contributed by atoms with Crippen LogP contribution in [-0.4, -0.2) is 39.1 Å². The van der Waals surface area contributed by atoms with Gasteiger partial charge in [0.1, 0.15) is 22.2 Å². The number of methoxy groups -OCH3 is 3. The second-order valence-electron chi connectivity index (χ2n) is 5.87. The Morgan fingerprint density at radius 2 is 1.66 bits per heavy atom. The van der Waals surface area contributed by atoms with Crippen LogP contribution in [0.2, 0.25) is 0 Å². The summed E-state index contributed by atoms with van der Waals surface area (Å²) in [7, 11) is 4.19. The Morgan fingerprint density at radius 3 is 2.24 bits per heavy atom. The zero-order chi connectivity index (χ0) is 21.1. The molecule has 1 aliphatic heterocycles. The number of nitrogens with zero attached hydrogens (tertiary/aromatic N) is 1. The molecule has 1 aliphatic rings. The van der Waals surface area contributed by atoms with Gasteiger partial charge >= 0.3 is 5.97 Å². The van der Waals surface area contributed by atoms with Crippen LogP contribution in [0.15, 0.2) is 53.2 Å². The minimum Gasteiger partial charge on any atom is -0.497 e. The Kier molecular flexibility index (Phi) is 5.74. The maximum Gasteiger partial charge on any atom is 0.337 e. The highest BCUT2D eigenvalue weighted by atomic mass is 35.5. The standard InChI is InChI=1S/C20H17ClN2O6/c1-27-13-8-9-14(15(10-13)28-2)23-18(24)16(21)17(19(23)25)22-12-6-4-11(5-7-12)20(26)29-3/h4-10,22H,1-3H3. The first-order chi connectivity index (χ1) is 13.9. The normalized spacial score (nSPS) is 13.6. The summed E-state index contributed by atoms with van der Waals surface area (Å²) in [5, 5.41) is 2.57. The summed E-state index contributed by atoms with van der Waals surface area (Å²) in [6.07, 6.45) is 0. The molecule has 0 aliphatic carbocycles. The van der Waals surface area contributed by atoms with E-state index < -0.39 is 17.8 Å². The molecule has 3 rings (SSSR count). The van der Waals surface area contributed by atoms with Crippen molar-refractivity contribution in [3.63, 3.8) is 0 Å². The summed E-state index contributed by atoms with van der Waals surface area (Å²) in [5.41, 5.74) is 0.965. The number of carbonyl (C=O) groups excluding carboxylic acids is 3. The third kappa shape index (κ3) is 3.74. The van der Waals surface area contributed by atoms with Gasteiger partial charge in [-0.2, -0.15) is 0 Å². The van der Waals surface area contributed by atoms with E-state index in [9.17, 15) is 14.4 Å². The molecule has 0 bridgehead atoms. The third-order valence-electron chi connectivity index (χ3n) is 4.23. The number of halogens is 1. The Hall–Kier alpha value is -3.52. The lowest BCUT2D eigenvalue weighted by Gasteiger charge is -2.18. The number of nitrogens with one attached hydrogen (secondary N) is 1. The summed E-state index contributed by atoms with van der Waals surface area (Å²) >= 11 is 6.14. The number of hydrogen-bond donors (Lipinski definition) is 1. The minimum atomic E-state index is -0.686. The van der Waals surface area contributed by atoms with Gasteiger partial charge in [-0.1, -0.05) is 11.6 Å². The summed E-state index contributed by atoms with van der Waals surface area (Å²) in [6.45, 7) is 0. The lowest BCUT2D eigenvalue weighted by Crippen LogP contribution is -2.32. The van der Waals surface area contributed by atoms with Crippen molar-refractivity contribution >= 4 is 40.8 Å². The Labute approximate surface area is 171 Å². The van der Waals surface area contributed by atoms with Crippen LogP contribution in [-0.2, 0) is 14.3 Å². The number of ether oxygens (including phenoxy) is 3. The first-order valence-electron chi connectivity index (χ1n) is 8.37. The summed E-state index contributed by atoms with van der Waals surface area (Å²) in [6, 6.07) is 10.9. The third-order valence-corrected chi connectivity index (χ3v) is 4.58. The van der Waals surface area contributed by atoms with Gasteiger partial charge in [0.05, 0.1) is 32.6 Å². The lowest BCUT2D eigenvalue weighted by atomic mass is 10.2. The molecular weight excluding hydrogens is 400 g/mol. The SMILES string of the molecule is COC(=O)c1ccc(NC2=C(Cl)C(=O)N(c3ccc(OC)cc3OC)C2=O)cc1. The summed E-state index contributed by atoms with van der Waals surface area (Å²) in [4.78, 5) is 38.0. The number of anilines is 2. The number of rotatable bonds is 6. The molecule has 0 spiro atoms. The second kappa shape index (κ2) is 8.24. The zero-order valence-electron chi connectivity index (χ0n) is 15.8. The highest BCUT2D eigenvalue weighted by Crippen LogP contribution is 2.37. The van der Waals surface area contributed by atoms with E-state index >= 15 is 0 Å². The molecule has 9 heteroatoms. The molecule has 0 saturated carbocycles. The molecule has 8 nitrogen and oxygen atoms in total. The molecule has 2 aromatic carbocycles. The molecule has 0 radical (unpaired) electrons.